The van der Waals surface area contributed by atoms with Crippen molar-refractivity contribution in [1.82, 2.24) is 0 Å². The SMILES string of the molecule is COc1cccc(OC)c1C(=O)Oc1ccc2oc(=O)c(-c3ccccc3)c(C)c2c1. The van der Waals surface area contributed by atoms with E-state index in [9.17, 15) is 9.59 Å². The summed E-state index contributed by atoms with van der Waals surface area (Å²) >= 11 is 0. The zero-order valence-electron chi connectivity index (χ0n) is 17.3. The highest BCUT2D eigenvalue weighted by molar-refractivity contribution is 5.97. The average molecular weight is 416 g/mol. The Bertz CT molecular complexity index is 1300. The number of benzene rings is 3. The number of carbonyl (C=O) groups excluding carboxylic acids is 1. The zero-order valence-corrected chi connectivity index (χ0v) is 17.3. The molecule has 0 aliphatic carbocycles. The maximum absolute atomic E-state index is 12.9. The summed E-state index contributed by atoms with van der Waals surface area (Å²) < 4.78 is 21.7. The lowest BCUT2D eigenvalue weighted by Gasteiger charge is -2.13. The first-order chi connectivity index (χ1) is 15.0. The van der Waals surface area contributed by atoms with Crippen molar-refractivity contribution in [3.63, 3.8) is 0 Å². The van der Waals surface area contributed by atoms with Crippen molar-refractivity contribution in [2.75, 3.05) is 14.2 Å². The van der Waals surface area contributed by atoms with Crippen molar-refractivity contribution in [2.45, 2.75) is 6.92 Å². The molecular formula is C25H20O6. The predicted octanol–water partition coefficient (Wildman–Crippen LogP) is 5.00. The van der Waals surface area contributed by atoms with Gasteiger partial charge in [0.2, 0.25) is 0 Å². The van der Waals surface area contributed by atoms with Gasteiger partial charge in [-0.2, -0.15) is 0 Å². The molecule has 0 saturated carbocycles. The second kappa shape index (κ2) is 8.36. The highest BCUT2D eigenvalue weighted by atomic mass is 16.5. The number of aryl methyl sites for hydroxylation is 1. The van der Waals surface area contributed by atoms with Gasteiger partial charge in [0, 0.05) is 5.39 Å². The van der Waals surface area contributed by atoms with Crippen LogP contribution in [0.5, 0.6) is 17.2 Å². The molecule has 0 radical (unpaired) electrons. The van der Waals surface area contributed by atoms with Crippen LogP contribution in [0.1, 0.15) is 15.9 Å². The van der Waals surface area contributed by atoms with Gasteiger partial charge >= 0.3 is 11.6 Å². The molecular weight excluding hydrogens is 396 g/mol. The minimum Gasteiger partial charge on any atom is -0.496 e. The van der Waals surface area contributed by atoms with Gasteiger partial charge in [-0.25, -0.2) is 9.59 Å². The van der Waals surface area contributed by atoms with E-state index >= 15 is 0 Å². The van der Waals surface area contributed by atoms with Gasteiger partial charge in [-0.3, -0.25) is 0 Å². The molecule has 0 aliphatic rings. The molecule has 0 saturated heterocycles. The van der Waals surface area contributed by atoms with Gasteiger partial charge in [0.25, 0.3) is 0 Å². The summed E-state index contributed by atoms with van der Waals surface area (Å²) in [6.45, 7) is 1.84. The number of hydrogen-bond acceptors (Lipinski definition) is 6. The van der Waals surface area contributed by atoms with E-state index in [2.05, 4.69) is 0 Å². The van der Waals surface area contributed by atoms with E-state index in [1.165, 1.54) is 14.2 Å². The Hall–Kier alpha value is -4.06. The number of hydrogen-bond donors (Lipinski definition) is 0. The predicted molar refractivity (Wildman–Crippen MR) is 117 cm³/mol. The highest BCUT2D eigenvalue weighted by Crippen LogP contribution is 2.32. The first-order valence-corrected chi connectivity index (χ1v) is 9.59. The molecule has 0 amide bonds. The van der Waals surface area contributed by atoms with Crippen LogP contribution >= 0.6 is 0 Å². The molecule has 0 unspecified atom stereocenters. The molecule has 1 aromatic heterocycles. The first kappa shape index (κ1) is 20.2. The number of ether oxygens (including phenoxy) is 3. The molecule has 6 heteroatoms. The minimum absolute atomic E-state index is 0.189. The first-order valence-electron chi connectivity index (χ1n) is 9.59. The lowest BCUT2D eigenvalue weighted by atomic mass is 9.99. The van der Waals surface area contributed by atoms with Crippen molar-refractivity contribution in [3.05, 3.63) is 88.3 Å². The fraction of sp³-hybridized carbons (Fsp3) is 0.120. The average Bonchev–Trinajstić information content (AvgIpc) is 2.79. The van der Waals surface area contributed by atoms with Crippen LogP contribution in [0.3, 0.4) is 0 Å². The normalized spacial score (nSPS) is 10.7. The van der Waals surface area contributed by atoms with Gasteiger partial charge in [-0.15, -0.1) is 0 Å². The second-order valence-electron chi connectivity index (χ2n) is 6.84. The molecule has 6 nitrogen and oxygen atoms in total. The fourth-order valence-electron chi connectivity index (χ4n) is 3.54. The summed E-state index contributed by atoms with van der Waals surface area (Å²) in [6, 6.07) is 19.2. The van der Waals surface area contributed by atoms with Crippen molar-refractivity contribution >= 4 is 16.9 Å². The van der Waals surface area contributed by atoms with Crippen molar-refractivity contribution in [1.29, 1.82) is 0 Å². The summed E-state index contributed by atoms with van der Waals surface area (Å²) in [4.78, 5) is 25.4. The van der Waals surface area contributed by atoms with Crippen LogP contribution in [0.2, 0.25) is 0 Å². The lowest BCUT2D eigenvalue weighted by Crippen LogP contribution is -2.12. The van der Waals surface area contributed by atoms with Crippen LogP contribution in [0, 0.1) is 6.92 Å². The van der Waals surface area contributed by atoms with Crippen molar-refractivity contribution in [3.8, 4) is 28.4 Å². The zero-order chi connectivity index (χ0) is 22.0. The highest BCUT2D eigenvalue weighted by Gasteiger charge is 2.21. The smallest absolute Gasteiger partial charge is 0.351 e. The van der Waals surface area contributed by atoms with Crippen LogP contribution < -0.4 is 19.8 Å². The maximum Gasteiger partial charge on any atom is 0.351 e. The summed E-state index contributed by atoms with van der Waals surface area (Å²) in [7, 11) is 2.94. The second-order valence-corrected chi connectivity index (χ2v) is 6.84. The largest absolute Gasteiger partial charge is 0.496 e. The third-order valence-electron chi connectivity index (χ3n) is 5.04. The molecule has 4 rings (SSSR count). The third kappa shape index (κ3) is 3.75. The van der Waals surface area contributed by atoms with Gasteiger partial charge in [-0.1, -0.05) is 36.4 Å². The third-order valence-corrected chi connectivity index (χ3v) is 5.04. The van der Waals surface area contributed by atoms with Crippen molar-refractivity contribution < 1.29 is 23.4 Å². The number of carbonyl (C=O) groups is 1. The molecule has 0 N–H and O–H groups in total. The molecule has 1 heterocycles. The Kier molecular flexibility index (Phi) is 5.45. The van der Waals surface area contributed by atoms with E-state index in [1.807, 2.05) is 37.3 Å². The summed E-state index contributed by atoms with van der Waals surface area (Å²) in [5.74, 6) is 0.380. The minimum atomic E-state index is -0.619. The molecule has 0 aliphatic heterocycles. The van der Waals surface area contributed by atoms with Gasteiger partial charge in [0.1, 0.15) is 28.4 Å². The molecule has 0 spiro atoms. The number of fused-ring (bicyclic) bond motifs is 1. The number of esters is 1. The number of methoxy groups -OCH3 is 2. The molecule has 31 heavy (non-hydrogen) atoms. The Labute approximate surface area is 178 Å². The summed E-state index contributed by atoms with van der Waals surface area (Å²) in [5, 5.41) is 0.677. The van der Waals surface area contributed by atoms with E-state index in [-0.39, 0.29) is 5.56 Å². The Balaban J connectivity index is 1.77. The van der Waals surface area contributed by atoms with Crippen molar-refractivity contribution in [2.24, 2.45) is 0 Å². The number of rotatable bonds is 5. The molecule has 0 fully saturated rings. The van der Waals surface area contributed by atoms with Crippen LogP contribution in [0.25, 0.3) is 22.1 Å². The molecule has 0 atom stereocenters. The van der Waals surface area contributed by atoms with Crippen LogP contribution in [-0.4, -0.2) is 20.2 Å². The van der Waals surface area contributed by atoms with Crippen LogP contribution in [0.15, 0.2) is 75.9 Å². The van der Waals surface area contributed by atoms with Crippen LogP contribution in [-0.2, 0) is 0 Å². The Morgan fingerprint density at radius 3 is 2.19 bits per heavy atom. The summed E-state index contributed by atoms with van der Waals surface area (Å²) in [5.41, 5.74) is 2.16. The Morgan fingerprint density at radius 1 is 0.871 bits per heavy atom. The standard InChI is InChI=1S/C25H20O6/c1-15-18-14-17(30-25(27)23-20(28-2)10-7-11-21(23)29-3)12-13-19(18)31-24(26)22(15)16-8-5-4-6-9-16/h4-14H,1-3H3. The maximum atomic E-state index is 12.9. The monoisotopic (exact) mass is 416 g/mol. The quantitative estimate of drug-likeness (QED) is 0.259. The topological polar surface area (TPSA) is 75.0 Å². The van der Waals surface area contributed by atoms with E-state index in [0.717, 1.165) is 11.1 Å². The van der Waals surface area contributed by atoms with Gasteiger partial charge in [0.15, 0.2) is 0 Å². The molecule has 156 valence electrons. The van der Waals surface area contributed by atoms with Gasteiger partial charge in [0.05, 0.1) is 19.8 Å². The molecule has 4 aromatic rings. The van der Waals surface area contributed by atoms with Crippen LogP contribution in [0.4, 0.5) is 0 Å². The Morgan fingerprint density at radius 2 is 1.55 bits per heavy atom. The van der Waals surface area contributed by atoms with Gasteiger partial charge < -0.3 is 18.6 Å². The lowest BCUT2D eigenvalue weighted by molar-refractivity contribution is 0.0727. The fourth-order valence-corrected chi connectivity index (χ4v) is 3.54. The van der Waals surface area contributed by atoms with Gasteiger partial charge in [-0.05, 0) is 48.4 Å². The van der Waals surface area contributed by atoms with E-state index in [1.54, 1.807) is 36.4 Å². The molecule has 3 aromatic carbocycles. The molecule has 0 bridgehead atoms. The summed E-state index contributed by atoms with van der Waals surface area (Å²) in [6.07, 6.45) is 0. The van der Waals surface area contributed by atoms with E-state index < -0.39 is 11.6 Å². The van der Waals surface area contributed by atoms with E-state index in [0.29, 0.717) is 33.8 Å². The van der Waals surface area contributed by atoms with E-state index in [4.69, 9.17) is 18.6 Å².